The summed E-state index contributed by atoms with van der Waals surface area (Å²) in [5.74, 6) is -0.520. The predicted octanol–water partition coefficient (Wildman–Crippen LogP) is 4.43. The number of nitriles is 1. The van der Waals surface area contributed by atoms with Crippen LogP contribution in [0.5, 0.6) is 11.6 Å². The number of hydrogen-bond acceptors (Lipinski definition) is 8. The van der Waals surface area contributed by atoms with Crippen LogP contribution < -0.4 is 15.2 Å². The molecule has 3 N–H and O–H groups in total. The Labute approximate surface area is 214 Å². The summed E-state index contributed by atoms with van der Waals surface area (Å²) in [5, 5.41) is 8.68. The third-order valence-corrected chi connectivity index (χ3v) is 6.70. The third kappa shape index (κ3) is 5.58. The van der Waals surface area contributed by atoms with Gasteiger partial charge in [-0.25, -0.2) is 14.7 Å². The van der Waals surface area contributed by atoms with Gasteiger partial charge in [0.25, 0.3) is 15.9 Å². The van der Waals surface area contributed by atoms with Gasteiger partial charge in [-0.3, -0.25) is 4.79 Å². The molecule has 37 heavy (non-hydrogen) atoms. The van der Waals surface area contributed by atoms with Gasteiger partial charge in [0.05, 0.1) is 17.3 Å². The number of benzene rings is 2. The molecule has 2 aromatic carbocycles. The number of sulfonamides is 1. The zero-order valence-electron chi connectivity index (χ0n) is 20.3. The average Bonchev–Trinajstić information content (AvgIpc) is 2.86. The van der Waals surface area contributed by atoms with Gasteiger partial charge in [-0.05, 0) is 68.3 Å². The summed E-state index contributed by atoms with van der Waals surface area (Å²) < 4.78 is 33.7. The van der Waals surface area contributed by atoms with E-state index >= 15 is 0 Å². The molecule has 0 bridgehead atoms. The lowest BCUT2D eigenvalue weighted by atomic mass is 10.1. The summed E-state index contributed by atoms with van der Waals surface area (Å²) in [7, 11) is -4.32. The van der Waals surface area contributed by atoms with Gasteiger partial charge in [-0.2, -0.15) is 13.7 Å². The summed E-state index contributed by atoms with van der Waals surface area (Å²) >= 11 is 0. The fourth-order valence-electron chi connectivity index (χ4n) is 3.80. The highest BCUT2D eigenvalue weighted by Crippen LogP contribution is 2.32. The van der Waals surface area contributed by atoms with E-state index in [1.165, 1.54) is 24.3 Å². The van der Waals surface area contributed by atoms with E-state index in [4.69, 9.17) is 15.7 Å². The standard InChI is InChI=1S/C27H23N5O4S/c1-16-13-17(2)25(18(3)14-16)36-27-21(11-12-22(30-27)20-9-7-19(15-28)8-10-20)26(33)32-37(34,35)24-6-4-5-23(29)31-24/h4-14H,1-3H3,(H2,29,31)(H,32,33). The molecule has 4 aromatic rings. The highest BCUT2D eigenvalue weighted by Gasteiger charge is 2.24. The monoisotopic (exact) mass is 513 g/mol. The topological polar surface area (TPSA) is 148 Å². The number of aryl methyl sites for hydroxylation is 3. The molecule has 0 aliphatic rings. The molecule has 4 rings (SSSR count). The Balaban J connectivity index is 1.77. The Morgan fingerprint density at radius 1 is 0.973 bits per heavy atom. The number of nitrogens with one attached hydrogen (secondary N) is 1. The zero-order valence-corrected chi connectivity index (χ0v) is 21.1. The Hall–Kier alpha value is -4.75. The van der Waals surface area contributed by atoms with Crippen molar-refractivity contribution >= 4 is 21.7 Å². The predicted molar refractivity (Wildman–Crippen MR) is 138 cm³/mol. The minimum absolute atomic E-state index is 0.00176. The molecule has 0 unspecified atom stereocenters. The van der Waals surface area contributed by atoms with Crippen molar-refractivity contribution in [1.29, 1.82) is 5.26 Å². The number of nitrogens with two attached hydrogens (primary N) is 1. The Bertz CT molecular complexity index is 1640. The van der Waals surface area contributed by atoms with Crippen molar-refractivity contribution in [3.05, 3.63) is 94.5 Å². The van der Waals surface area contributed by atoms with Gasteiger partial charge in [0.15, 0.2) is 5.03 Å². The second kappa shape index (κ2) is 10.1. The van der Waals surface area contributed by atoms with Gasteiger partial charge in [0.2, 0.25) is 5.88 Å². The molecule has 0 aliphatic heterocycles. The molecule has 0 spiro atoms. The van der Waals surface area contributed by atoms with Crippen molar-refractivity contribution in [3.8, 4) is 29.0 Å². The van der Waals surface area contributed by atoms with E-state index in [-0.39, 0.29) is 17.3 Å². The minimum Gasteiger partial charge on any atom is -0.438 e. The number of nitrogens with zero attached hydrogens (tertiary/aromatic N) is 3. The van der Waals surface area contributed by atoms with Crippen LogP contribution in [0.3, 0.4) is 0 Å². The fourth-order valence-corrected chi connectivity index (χ4v) is 4.74. The normalized spacial score (nSPS) is 11.0. The first-order valence-electron chi connectivity index (χ1n) is 11.1. The maximum absolute atomic E-state index is 13.2. The summed E-state index contributed by atoms with van der Waals surface area (Å²) in [6, 6.07) is 19.8. The second-order valence-corrected chi connectivity index (χ2v) is 10.0. The van der Waals surface area contributed by atoms with E-state index < -0.39 is 21.0 Å². The summed E-state index contributed by atoms with van der Waals surface area (Å²) in [5.41, 5.74) is 9.84. The van der Waals surface area contributed by atoms with Crippen LogP contribution in [0, 0.1) is 32.1 Å². The van der Waals surface area contributed by atoms with Gasteiger partial charge < -0.3 is 10.5 Å². The third-order valence-electron chi connectivity index (χ3n) is 5.47. The van der Waals surface area contributed by atoms with Crippen molar-refractivity contribution in [2.75, 3.05) is 5.73 Å². The van der Waals surface area contributed by atoms with Crippen LogP contribution in [0.1, 0.15) is 32.6 Å². The van der Waals surface area contributed by atoms with Crippen molar-refractivity contribution in [2.45, 2.75) is 25.8 Å². The number of aromatic nitrogens is 2. The Morgan fingerprint density at radius 2 is 1.65 bits per heavy atom. The smallest absolute Gasteiger partial charge is 0.281 e. The van der Waals surface area contributed by atoms with E-state index in [0.717, 1.165) is 16.7 Å². The van der Waals surface area contributed by atoms with E-state index in [2.05, 4.69) is 16.0 Å². The largest absolute Gasteiger partial charge is 0.438 e. The quantitative estimate of drug-likeness (QED) is 0.385. The van der Waals surface area contributed by atoms with Gasteiger partial charge in [-0.1, -0.05) is 35.9 Å². The number of amides is 1. The van der Waals surface area contributed by atoms with Gasteiger partial charge in [0, 0.05) is 5.56 Å². The molecule has 2 heterocycles. The molecule has 0 saturated heterocycles. The number of pyridine rings is 2. The lowest BCUT2D eigenvalue weighted by Crippen LogP contribution is -2.31. The Morgan fingerprint density at radius 3 is 2.27 bits per heavy atom. The number of nitrogen functional groups attached to an aromatic ring is 1. The van der Waals surface area contributed by atoms with Crippen LogP contribution in [0.2, 0.25) is 0 Å². The van der Waals surface area contributed by atoms with E-state index in [1.807, 2.05) is 37.6 Å². The molecular formula is C27H23N5O4S. The first kappa shape index (κ1) is 25.3. The SMILES string of the molecule is Cc1cc(C)c(Oc2nc(-c3ccc(C#N)cc3)ccc2C(=O)NS(=O)(=O)c2cccc(N)n2)c(C)c1. The molecule has 0 fully saturated rings. The number of anilines is 1. The van der Waals surface area contributed by atoms with Crippen LogP contribution in [-0.4, -0.2) is 24.3 Å². The van der Waals surface area contributed by atoms with Crippen LogP contribution >= 0.6 is 0 Å². The van der Waals surface area contributed by atoms with Crippen LogP contribution in [0.25, 0.3) is 11.3 Å². The first-order valence-corrected chi connectivity index (χ1v) is 12.6. The first-order chi connectivity index (χ1) is 17.6. The molecule has 0 aliphatic carbocycles. The highest BCUT2D eigenvalue weighted by molar-refractivity contribution is 7.90. The number of ether oxygens (including phenoxy) is 1. The lowest BCUT2D eigenvalue weighted by molar-refractivity contribution is 0.0978. The second-order valence-electron chi connectivity index (χ2n) is 8.40. The zero-order chi connectivity index (χ0) is 26.7. The molecule has 2 aromatic heterocycles. The van der Waals surface area contributed by atoms with Crippen LogP contribution in [-0.2, 0) is 10.0 Å². The van der Waals surface area contributed by atoms with Crippen LogP contribution in [0.15, 0.2) is 71.8 Å². The lowest BCUT2D eigenvalue weighted by Gasteiger charge is -2.16. The number of carbonyl (C=O) groups excluding carboxylic acids is 1. The Kier molecular flexibility index (Phi) is 6.91. The molecule has 0 atom stereocenters. The average molecular weight is 514 g/mol. The molecule has 10 heteroatoms. The van der Waals surface area contributed by atoms with E-state index in [1.54, 1.807) is 30.3 Å². The van der Waals surface area contributed by atoms with Crippen LogP contribution in [0.4, 0.5) is 5.82 Å². The molecule has 9 nitrogen and oxygen atoms in total. The minimum atomic E-state index is -4.32. The van der Waals surface area contributed by atoms with Gasteiger partial charge in [0.1, 0.15) is 17.1 Å². The molecule has 0 radical (unpaired) electrons. The number of hydrogen-bond donors (Lipinski definition) is 2. The number of rotatable bonds is 6. The van der Waals surface area contributed by atoms with Crippen molar-refractivity contribution < 1.29 is 17.9 Å². The molecule has 1 amide bonds. The summed E-state index contributed by atoms with van der Waals surface area (Å²) in [6.45, 7) is 5.70. The van der Waals surface area contributed by atoms with Crippen molar-refractivity contribution in [2.24, 2.45) is 0 Å². The number of carbonyl (C=O) groups is 1. The summed E-state index contributed by atoms with van der Waals surface area (Å²) in [6.07, 6.45) is 0. The van der Waals surface area contributed by atoms with E-state index in [9.17, 15) is 13.2 Å². The molecular weight excluding hydrogens is 490 g/mol. The maximum Gasteiger partial charge on any atom is 0.281 e. The fraction of sp³-hybridized carbons (Fsp3) is 0.111. The maximum atomic E-state index is 13.2. The highest BCUT2D eigenvalue weighted by atomic mass is 32.2. The van der Waals surface area contributed by atoms with Gasteiger partial charge >= 0.3 is 0 Å². The van der Waals surface area contributed by atoms with Gasteiger partial charge in [-0.15, -0.1) is 0 Å². The van der Waals surface area contributed by atoms with Crippen molar-refractivity contribution in [3.63, 3.8) is 0 Å². The summed E-state index contributed by atoms with van der Waals surface area (Å²) in [4.78, 5) is 21.5. The van der Waals surface area contributed by atoms with Crippen molar-refractivity contribution in [1.82, 2.24) is 14.7 Å². The molecule has 0 saturated carbocycles. The molecule has 186 valence electrons. The van der Waals surface area contributed by atoms with E-state index in [0.29, 0.717) is 22.6 Å².